The van der Waals surface area contributed by atoms with Crippen molar-refractivity contribution in [2.24, 2.45) is 7.05 Å². The maximum Gasteiger partial charge on any atom is 0.233 e. The molecule has 2 N–H and O–H groups in total. The fourth-order valence-electron chi connectivity index (χ4n) is 1.69. The molecule has 2 rings (SSSR count). The maximum absolute atomic E-state index is 12.0. The number of hydrogen-bond donors (Lipinski definition) is 1. The zero-order chi connectivity index (χ0) is 12.4. The van der Waals surface area contributed by atoms with Gasteiger partial charge in [0, 0.05) is 19.6 Å². The minimum absolute atomic E-state index is 0.168. The summed E-state index contributed by atoms with van der Waals surface area (Å²) in [5.41, 5.74) is 5.57. The molecule has 0 spiro atoms. The Morgan fingerprint density at radius 1 is 1.59 bits per heavy atom. The first-order valence-electron chi connectivity index (χ1n) is 5.70. The van der Waals surface area contributed by atoms with Crippen molar-refractivity contribution >= 4 is 23.6 Å². The van der Waals surface area contributed by atoms with Crippen LogP contribution in [0.3, 0.4) is 0 Å². The van der Waals surface area contributed by atoms with E-state index in [1.165, 1.54) is 11.8 Å². The average Bonchev–Trinajstić information content (AvgIpc) is 3.08. The van der Waals surface area contributed by atoms with E-state index in [2.05, 4.69) is 10.2 Å². The highest BCUT2D eigenvalue weighted by Crippen LogP contribution is 2.27. The Morgan fingerprint density at radius 3 is 2.76 bits per heavy atom. The van der Waals surface area contributed by atoms with Crippen LogP contribution in [0.5, 0.6) is 0 Å². The van der Waals surface area contributed by atoms with Gasteiger partial charge in [-0.2, -0.15) is 0 Å². The molecule has 0 atom stereocenters. The standard InChI is InChI=1S/C10H17N5OS/c1-3-15(7-4-5-7)8(16)6-17-10-13-12-9(11)14(10)2/h7H,3-6H2,1-2H3,(H2,11,12). The summed E-state index contributed by atoms with van der Waals surface area (Å²) >= 11 is 1.38. The first-order valence-corrected chi connectivity index (χ1v) is 6.69. The summed E-state index contributed by atoms with van der Waals surface area (Å²) in [5, 5.41) is 8.35. The topological polar surface area (TPSA) is 77.0 Å². The quantitative estimate of drug-likeness (QED) is 0.775. The largest absolute Gasteiger partial charge is 0.368 e. The van der Waals surface area contributed by atoms with Crippen LogP contribution in [-0.2, 0) is 11.8 Å². The van der Waals surface area contributed by atoms with Gasteiger partial charge in [0.2, 0.25) is 11.9 Å². The lowest BCUT2D eigenvalue weighted by molar-refractivity contribution is -0.128. The molecule has 0 unspecified atom stereocenters. The minimum Gasteiger partial charge on any atom is -0.368 e. The number of nitrogens with two attached hydrogens (primary N) is 1. The van der Waals surface area contributed by atoms with Gasteiger partial charge in [0.25, 0.3) is 0 Å². The van der Waals surface area contributed by atoms with Crippen molar-refractivity contribution in [3.05, 3.63) is 0 Å². The monoisotopic (exact) mass is 255 g/mol. The van der Waals surface area contributed by atoms with Crippen LogP contribution < -0.4 is 5.73 Å². The molecule has 6 nitrogen and oxygen atoms in total. The number of amides is 1. The molecule has 17 heavy (non-hydrogen) atoms. The molecule has 1 aromatic rings. The minimum atomic E-state index is 0.168. The Balaban J connectivity index is 1.89. The number of rotatable bonds is 5. The van der Waals surface area contributed by atoms with Gasteiger partial charge in [0.15, 0.2) is 5.16 Å². The molecule has 1 heterocycles. The van der Waals surface area contributed by atoms with Gasteiger partial charge < -0.3 is 10.6 Å². The normalized spacial score (nSPS) is 14.9. The summed E-state index contributed by atoms with van der Waals surface area (Å²) < 4.78 is 1.69. The molecular formula is C10H17N5OS. The van der Waals surface area contributed by atoms with E-state index >= 15 is 0 Å². The Bertz CT molecular complexity index is 415. The van der Waals surface area contributed by atoms with Crippen LogP contribution in [0.15, 0.2) is 5.16 Å². The molecule has 0 bridgehead atoms. The first kappa shape index (κ1) is 12.2. The first-order chi connectivity index (χ1) is 8.13. The second-order valence-corrected chi connectivity index (χ2v) is 5.04. The van der Waals surface area contributed by atoms with Gasteiger partial charge in [0.05, 0.1) is 5.75 Å². The van der Waals surface area contributed by atoms with Crippen molar-refractivity contribution in [3.8, 4) is 0 Å². The molecule has 1 aromatic heterocycles. The summed E-state index contributed by atoms with van der Waals surface area (Å²) in [6.07, 6.45) is 2.28. The Hall–Kier alpha value is -1.24. The van der Waals surface area contributed by atoms with Crippen molar-refractivity contribution in [1.29, 1.82) is 0 Å². The van der Waals surface area contributed by atoms with Crippen molar-refractivity contribution in [2.45, 2.75) is 31.0 Å². The van der Waals surface area contributed by atoms with Crippen LogP contribution in [0, 0.1) is 0 Å². The average molecular weight is 255 g/mol. The second kappa shape index (κ2) is 4.95. The molecule has 94 valence electrons. The molecular weight excluding hydrogens is 238 g/mol. The molecule has 1 amide bonds. The second-order valence-electron chi connectivity index (χ2n) is 4.10. The van der Waals surface area contributed by atoms with Crippen LogP contribution in [0.2, 0.25) is 0 Å². The van der Waals surface area contributed by atoms with Crippen LogP contribution in [0.4, 0.5) is 5.95 Å². The van der Waals surface area contributed by atoms with Gasteiger partial charge in [-0.05, 0) is 19.8 Å². The zero-order valence-corrected chi connectivity index (χ0v) is 10.9. The highest BCUT2D eigenvalue weighted by molar-refractivity contribution is 7.99. The van der Waals surface area contributed by atoms with E-state index in [1.807, 2.05) is 11.8 Å². The predicted molar refractivity (Wildman–Crippen MR) is 66.5 cm³/mol. The highest BCUT2D eigenvalue weighted by Gasteiger charge is 2.31. The summed E-state index contributed by atoms with van der Waals surface area (Å²) in [6, 6.07) is 0.470. The van der Waals surface area contributed by atoms with Gasteiger partial charge in [0.1, 0.15) is 0 Å². The number of hydrogen-bond acceptors (Lipinski definition) is 5. The molecule has 0 saturated heterocycles. The lowest BCUT2D eigenvalue weighted by atomic mass is 10.4. The molecule has 0 aliphatic heterocycles. The Kier molecular flexibility index (Phi) is 3.56. The van der Waals surface area contributed by atoms with Gasteiger partial charge >= 0.3 is 0 Å². The SMILES string of the molecule is CCN(C(=O)CSc1nnc(N)n1C)C1CC1. The molecule has 1 aliphatic carbocycles. The molecule has 0 aromatic carbocycles. The van der Waals surface area contributed by atoms with Gasteiger partial charge in [-0.1, -0.05) is 11.8 Å². The number of thioether (sulfide) groups is 1. The van der Waals surface area contributed by atoms with Crippen molar-refractivity contribution in [2.75, 3.05) is 18.0 Å². The maximum atomic E-state index is 12.0. The molecule has 0 radical (unpaired) electrons. The van der Waals surface area contributed by atoms with Crippen LogP contribution >= 0.6 is 11.8 Å². The third kappa shape index (κ3) is 2.71. The third-order valence-electron chi connectivity index (χ3n) is 2.84. The number of nitrogen functional groups attached to an aromatic ring is 1. The predicted octanol–water partition coefficient (Wildman–Crippen LogP) is 0.500. The molecule has 1 aliphatic rings. The number of carbonyl (C=O) groups is 1. The smallest absolute Gasteiger partial charge is 0.233 e. The lowest BCUT2D eigenvalue weighted by Crippen LogP contribution is -2.34. The number of nitrogens with zero attached hydrogens (tertiary/aromatic N) is 4. The lowest BCUT2D eigenvalue weighted by Gasteiger charge is -2.19. The number of carbonyl (C=O) groups excluding carboxylic acids is 1. The summed E-state index contributed by atoms with van der Waals surface area (Å²) in [7, 11) is 1.79. The van der Waals surface area contributed by atoms with E-state index in [1.54, 1.807) is 11.6 Å². The van der Waals surface area contributed by atoms with Crippen LogP contribution in [0.25, 0.3) is 0 Å². The highest BCUT2D eigenvalue weighted by atomic mass is 32.2. The van der Waals surface area contributed by atoms with Crippen molar-refractivity contribution < 1.29 is 4.79 Å². The van der Waals surface area contributed by atoms with Gasteiger partial charge in [-0.3, -0.25) is 9.36 Å². The van der Waals surface area contributed by atoms with E-state index < -0.39 is 0 Å². The summed E-state index contributed by atoms with van der Waals surface area (Å²) in [5.74, 6) is 0.937. The third-order valence-corrected chi connectivity index (χ3v) is 3.85. The summed E-state index contributed by atoms with van der Waals surface area (Å²) in [4.78, 5) is 13.9. The van der Waals surface area contributed by atoms with Crippen LogP contribution in [-0.4, -0.2) is 43.9 Å². The Morgan fingerprint density at radius 2 is 2.29 bits per heavy atom. The fraction of sp³-hybridized carbons (Fsp3) is 0.700. The van der Waals surface area contributed by atoms with Crippen LogP contribution in [0.1, 0.15) is 19.8 Å². The molecule has 7 heteroatoms. The Labute approximate surface area is 105 Å². The van der Waals surface area contributed by atoms with E-state index in [0.717, 1.165) is 19.4 Å². The van der Waals surface area contributed by atoms with E-state index in [-0.39, 0.29) is 5.91 Å². The van der Waals surface area contributed by atoms with Crippen molar-refractivity contribution in [1.82, 2.24) is 19.7 Å². The molecule has 1 saturated carbocycles. The van der Waals surface area contributed by atoms with Gasteiger partial charge in [-0.15, -0.1) is 10.2 Å². The van der Waals surface area contributed by atoms with Crippen molar-refractivity contribution in [3.63, 3.8) is 0 Å². The van der Waals surface area contributed by atoms with E-state index in [0.29, 0.717) is 22.9 Å². The molecule has 1 fully saturated rings. The van der Waals surface area contributed by atoms with Gasteiger partial charge in [-0.25, -0.2) is 0 Å². The number of aromatic nitrogens is 3. The van der Waals surface area contributed by atoms with E-state index in [9.17, 15) is 4.79 Å². The summed E-state index contributed by atoms with van der Waals surface area (Å²) in [6.45, 7) is 2.80. The van der Waals surface area contributed by atoms with E-state index in [4.69, 9.17) is 5.73 Å². The zero-order valence-electron chi connectivity index (χ0n) is 10.1. The number of anilines is 1. The fourth-order valence-corrected chi connectivity index (χ4v) is 2.49.